The van der Waals surface area contributed by atoms with Crippen molar-refractivity contribution in [1.29, 1.82) is 5.26 Å². The molecule has 6 heterocycles. The summed E-state index contributed by atoms with van der Waals surface area (Å²) in [5.74, 6) is -0.689. The average Bonchev–Trinajstić information content (AvgIpc) is 3.64. The Bertz CT molecular complexity index is 1610. The Balaban J connectivity index is 0.00000129. The van der Waals surface area contributed by atoms with E-state index in [2.05, 4.69) is 24.8 Å². The van der Waals surface area contributed by atoms with Crippen LogP contribution in [0.4, 0.5) is 19.7 Å². The molecule has 2 N–H and O–H groups in total. The van der Waals surface area contributed by atoms with Crippen LogP contribution in [0.15, 0.2) is 12.4 Å². The van der Waals surface area contributed by atoms with E-state index in [1.807, 2.05) is 19.9 Å². The van der Waals surface area contributed by atoms with E-state index in [4.69, 9.17) is 10.5 Å². The number of anilines is 2. The van der Waals surface area contributed by atoms with Gasteiger partial charge in [0.1, 0.15) is 16.6 Å². The summed E-state index contributed by atoms with van der Waals surface area (Å²) in [5.41, 5.74) is 8.04. The zero-order valence-electron chi connectivity index (χ0n) is 21.2. The molecule has 1 atom stereocenters. The topological polar surface area (TPSA) is 104 Å². The molecule has 8 nitrogen and oxygen atoms in total. The first kappa shape index (κ1) is 24.9. The number of thiophene rings is 1. The van der Waals surface area contributed by atoms with Gasteiger partial charge in [-0.05, 0) is 37.1 Å². The fourth-order valence-corrected chi connectivity index (χ4v) is 6.54. The van der Waals surface area contributed by atoms with Gasteiger partial charge in [-0.3, -0.25) is 9.88 Å². The van der Waals surface area contributed by atoms with E-state index < -0.39 is 11.6 Å². The Morgan fingerprint density at radius 3 is 2.66 bits per heavy atom. The predicted molar refractivity (Wildman–Crippen MR) is 144 cm³/mol. The zero-order chi connectivity index (χ0) is 26.6. The van der Waals surface area contributed by atoms with Crippen molar-refractivity contribution in [2.24, 2.45) is 0 Å². The second-order valence-corrected chi connectivity index (χ2v) is 10.5. The van der Waals surface area contributed by atoms with E-state index >= 15 is 4.39 Å². The van der Waals surface area contributed by atoms with Gasteiger partial charge in [-0.1, -0.05) is 13.8 Å². The van der Waals surface area contributed by atoms with Crippen LogP contribution in [0.1, 0.15) is 43.4 Å². The molecule has 7 rings (SSSR count). The highest BCUT2D eigenvalue weighted by molar-refractivity contribution is 7.23. The first-order valence-electron chi connectivity index (χ1n) is 12.9. The van der Waals surface area contributed by atoms with E-state index in [-0.39, 0.29) is 50.6 Å². The van der Waals surface area contributed by atoms with Crippen LogP contribution in [0.2, 0.25) is 0 Å². The highest BCUT2D eigenvalue weighted by Crippen LogP contribution is 2.45. The number of nitriles is 1. The number of nitrogens with two attached hydrogens (primary N) is 1. The first-order valence-corrected chi connectivity index (χ1v) is 13.7. The molecule has 3 aromatic heterocycles. The van der Waals surface area contributed by atoms with Crippen LogP contribution in [-0.2, 0) is 18.0 Å². The van der Waals surface area contributed by atoms with Gasteiger partial charge < -0.3 is 15.4 Å². The number of fused-ring (bicyclic) bond motifs is 4. The Morgan fingerprint density at radius 2 is 1.92 bits per heavy atom. The van der Waals surface area contributed by atoms with Crippen LogP contribution in [0, 0.1) is 23.0 Å². The van der Waals surface area contributed by atoms with Crippen molar-refractivity contribution in [2.75, 3.05) is 36.8 Å². The molecule has 0 saturated carbocycles. The Morgan fingerprint density at radius 1 is 1.13 bits per heavy atom. The predicted octanol–water partition coefficient (Wildman–Crippen LogP) is 4.98. The second kappa shape index (κ2) is 9.69. The fraction of sp³-hybridized carbons (Fsp3) is 0.407. The number of rotatable bonds is 3. The number of ether oxygens (including phenoxy) is 1. The molecular weight excluding hydrogens is 508 g/mol. The number of halogens is 2. The summed E-state index contributed by atoms with van der Waals surface area (Å²) in [6.45, 7) is 8.33. The van der Waals surface area contributed by atoms with Crippen LogP contribution in [-0.4, -0.2) is 52.1 Å². The van der Waals surface area contributed by atoms with Gasteiger partial charge in [0.05, 0.1) is 35.4 Å². The molecule has 1 unspecified atom stereocenters. The number of nitrogens with zero attached hydrogens (tertiary/aromatic N) is 6. The summed E-state index contributed by atoms with van der Waals surface area (Å²) in [6.07, 6.45) is 4.98. The molecule has 2 saturated heterocycles. The van der Waals surface area contributed by atoms with Crippen molar-refractivity contribution < 1.29 is 13.5 Å². The average molecular weight is 536 g/mol. The molecule has 4 aromatic rings. The third kappa shape index (κ3) is 3.70. The lowest BCUT2D eigenvalue weighted by molar-refractivity contribution is 0.129. The van der Waals surface area contributed by atoms with E-state index in [1.54, 1.807) is 6.20 Å². The lowest BCUT2D eigenvalue weighted by atomic mass is 9.94. The Hall–Kier alpha value is -3.46. The fourth-order valence-electron chi connectivity index (χ4n) is 5.62. The number of hydrogen-bond donors (Lipinski definition) is 1. The van der Waals surface area contributed by atoms with Crippen LogP contribution in [0.3, 0.4) is 0 Å². The van der Waals surface area contributed by atoms with E-state index in [0.29, 0.717) is 22.9 Å². The monoisotopic (exact) mass is 535 g/mol. The highest BCUT2D eigenvalue weighted by Gasteiger charge is 2.33. The summed E-state index contributed by atoms with van der Waals surface area (Å²) in [4.78, 5) is 18.1. The van der Waals surface area contributed by atoms with Crippen LogP contribution in [0.5, 0.6) is 0 Å². The minimum atomic E-state index is -0.601. The van der Waals surface area contributed by atoms with Crippen molar-refractivity contribution in [1.82, 2.24) is 19.9 Å². The maximum atomic E-state index is 16.4. The lowest BCUT2D eigenvalue weighted by Crippen LogP contribution is -2.46. The Kier molecular flexibility index (Phi) is 6.34. The van der Waals surface area contributed by atoms with Crippen LogP contribution in [0.25, 0.3) is 32.2 Å². The van der Waals surface area contributed by atoms with E-state index in [9.17, 15) is 9.65 Å². The number of aromatic nitrogens is 3. The summed E-state index contributed by atoms with van der Waals surface area (Å²) in [6, 6.07) is 2.51. The normalized spacial score (nSPS) is 18.8. The van der Waals surface area contributed by atoms with Crippen molar-refractivity contribution in [3.8, 4) is 17.3 Å². The van der Waals surface area contributed by atoms with Crippen molar-refractivity contribution in [2.45, 2.75) is 45.9 Å². The maximum Gasteiger partial charge on any atom is 0.226 e. The molecule has 3 aliphatic rings. The van der Waals surface area contributed by atoms with Gasteiger partial charge >= 0.3 is 0 Å². The second-order valence-electron chi connectivity index (χ2n) is 9.46. The standard InChI is InChI=1S/C25H21F2N7OS.C2H6/c26-17-8-30-22(19-13(6-28)24(29)36-23(17)19)18-16-11-35-10-15(16)14-7-31-25(32-21(14)20(18)27)34-5-2-12(9-34)33-3-1-4-33;1-2/h7-8,12H,1-5,9-11,29H2;1-2H3. The van der Waals surface area contributed by atoms with Crippen molar-refractivity contribution in [3.05, 3.63) is 40.7 Å². The van der Waals surface area contributed by atoms with E-state index in [0.717, 1.165) is 55.7 Å². The third-order valence-corrected chi connectivity index (χ3v) is 8.61. The number of likely N-dealkylation sites (tertiary alicyclic amines) is 1. The van der Waals surface area contributed by atoms with Crippen molar-refractivity contribution in [3.63, 3.8) is 0 Å². The van der Waals surface area contributed by atoms with E-state index in [1.165, 1.54) is 6.42 Å². The highest BCUT2D eigenvalue weighted by atomic mass is 32.1. The molecule has 196 valence electrons. The van der Waals surface area contributed by atoms with Gasteiger partial charge in [0, 0.05) is 41.7 Å². The summed E-state index contributed by atoms with van der Waals surface area (Å²) in [7, 11) is 0. The molecule has 0 aliphatic carbocycles. The maximum absolute atomic E-state index is 16.4. The number of hydrogen-bond acceptors (Lipinski definition) is 9. The molecule has 0 bridgehead atoms. The first-order chi connectivity index (χ1) is 18.5. The van der Waals surface area contributed by atoms with Crippen LogP contribution < -0.4 is 10.6 Å². The van der Waals surface area contributed by atoms with Gasteiger partial charge in [0.25, 0.3) is 0 Å². The summed E-state index contributed by atoms with van der Waals surface area (Å²) >= 11 is 0.960. The summed E-state index contributed by atoms with van der Waals surface area (Å²) < 4.78 is 36.9. The smallest absolute Gasteiger partial charge is 0.226 e. The third-order valence-electron chi connectivity index (χ3n) is 7.59. The zero-order valence-corrected chi connectivity index (χ0v) is 22.0. The molecule has 1 aromatic carbocycles. The van der Waals surface area contributed by atoms with Gasteiger partial charge in [-0.25, -0.2) is 18.7 Å². The SMILES string of the molecule is CC.N#Cc1c(N)sc2c(F)cnc(-c3c4c(c5cnc(N6CCC(N7CCC7)C6)nc5c3F)COC4)c12. The van der Waals surface area contributed by atoms with Gasteiger partial charge in [-0.2, -0.15) is 5.26 Å². The molecule has 0 spiro atoms. The van der Waals surface area contributed by atoms with Crippen molar-refractivity contribution >= 4 is 43.3 Å². The van der Waals surface area contributed by atoms with Gasteiger partial charge in [0.15, 0.2) is 11.6 Å². The number of benzene rings is 1. The minimum absolute atomic E-state index is 0.0987. The molecule has 11 heteroatoms. The number of pyridine rings is 1. The minimum Gasteiger partial charge on any atom is -0.389 e. The molecule has 2 fully saturated rings. The molecular formula is C27H27F2N7OS. The largest absolute Gasteiger partial charge is 0.389 e. The Labute approximate surface area is 222 Å². The van der Waals surface area contributed by atoms with Crippen LogP contribution >= 0.6 is 11.3 Å². The lowest BCUT2D eigenvalue weighted by Gasteiger charge is -2.36. The molecule has 38 heavy (non-hydrogen) atoms. The summed E-state index contributed by atoms with van der Waals surface area (Å²) in [5, 5.41) is 10.7. The number of nitrogen functional groups attached to an aromatic ring is 1. The van der Waals surface area contributed by atoms with Gasteiger partial charge in [-0.15, -0.1) is 11.3 Å². The molecule has 3 aliphatic heterocycles. The molecule has 0 radical (unpaired) electrons. The molecule has 0 amide bonds. The van der Waals surface area contributed by atoms with Gasteiger partial charge in [0.2, 0.25) is 5.95 Å². The quantitative estimate of drug-likeness (QED) is 0.392.